The lowest BCUT2D eigenvalue weighted by atomic mass is 10.3. The molecule has 1 saturated heterocycles. The molecule has 1 unspecified atom stereocenters. The summed E-state index contributed by atoms with van der Waals surface area (Å²) in [5, 5.41) is 2.63. The summed E-state index contributed by atoms with van der Waals surface area (Å²) in [7, 11) is 0. The molecule has 1 nitrogen and oxygen atoms in total. The SMILES string of the molecule is CC(C)[CH2][Al]1[CH2]CCC(Cl)[O]1. The van der Waals surface area contributed by atoms with Crippen molar-refractivity contribution in [2.75, 3.05) is 0 Å². The van der Waals surface area contributed by atoms with Crippen LogP contribution in [0.15, 0.2) is 0 Å². The smallest absolute Gasteiger partial charge is 0.462 e. The fourth-order valence-electron chi connectivity index (χ4n) is 1.55. The molecule has 1 aliphatic heterocycles. The van der Waals surface area contributed by atoms with Gasteiger partial charge in [0.1, 0.15) is 5.56 Å². The van der Waals surface area contributed by atoms with Gasteiger partial charge in [0.15, 0.2) is 0 Å². The molecule has 0 spiro atoms. The van der Waals surface area contributed by atoms with Crippen molar-refractivity contribution in [3.8, 4) is 0 Å². The minimum atomic E-state index is -0.874. The van der Waals surface area contributed by atoms with E-state index in [1.54, 1.807) is 0 Å². The van der Waals surface area contributed by atoms with Crippen LogP contribution in [0.3, 0.4) is 0 Å². The van der Waals surface area contributed by atoms with E-state index >= 15 is 0 Å². The van der Waals surface area contributed by atoms with Crippen LogP contribution in [0.25, 0.3) is 0 Å². The van der Waals surface area contributed by atoms with Crippen LogP contribution in [0.1, 0.15) is 26.7 Å². The van der Waals surface area contributed by atoms with Crippen molar-refractivity contribution in [1.29, 1.82) is 0 Å². The fourth-order valence-corrected chi connectivity index (χ4v) is 4.92. The number of alkyl halides is 1. The molecule has 3 heteroatoms. The minimum Gasteiger partial charge on any atom is -0.487 e. The van der Waals surface area contributed by atoms with Gasteiger partial charge >= 0.3 is 14.5 Å². The normalized spacial score (nSPS) is 26.2. The molecule has 0 radical (unpaired) electrons. The van der Waals surface area contributed by atoms with Crippen LogP contribution in [0.4, 0.5) is 0 Å². The third-order valence-electron chi connectivity index (χ3n) is 2.03. The van der Waals surface area contributed by atoms with Gasteiger partial charge in [-0.25, -0.2) is 0 Å². The highest BCUT2D eigenvalue weighted by Gasteiger charge is 2.28. The lowest BCUT2D eigenvalue weighted by Gasteiger charge is -2.24. The van der Waals surface area contributed by atoms with Crippen LogP contribution >= 0.6 is 11.6 Å². The van der Waals surface area contributed by atoms with Crippen LogP contribution < -0.4 is 0 Å². The third-order valence-corrected chi connectivity index (χ3v) is 5.76. The zero-order valence-electron chi connectivity index (χ0n) is 7.35. The Morgan fingerprint density at radius 1 is 1.64 bits per heavy atom. The van der Waals surface area contributed by atoms with Gasteiger partial charge in [0.2, 0.25) is 0 Å². The molecule has 0 N–H and O–H groups in total. The van der Waals surface area contributed by atoms with E-state index < -0.39 is 14.5 Å². The van der Waals surface area contributed by atoms with Crippen LogP contribution in [0.5, 0.6) is 0 Å². The summed E-state index contributed by atoms with van der Waals surface area (Å²) in [6.45, 7) is 4.52. The Kier molecular flexibility index (Phi) is 4.24. The second-order valence-corrected chi connectivity index (χ2v) is 6.78. The number of hydrogen-bond donors (Lipinski definition) is 0. The lowest BCUT2D eigenvalue weighted by molar-refractivity contribution is 0.244. The van der Waals surface area contributed by atoms with E-state index in [-0.39, 0.29) is 5.56 Å². The van der Waals surface area contributed by atoms with Gasteiger partial charge in [0.05, 0.1) is 0 Å². The molecule has 0 aliphatic carbocycles. The van der Waals surface area contributed by atoms with Gasteiger partial charge < -0.3 is 3.79 Å². The van der Waals surface area contributed by atoms with E-state index in [1.165, 1.54) is 17.0 Å². The Bertz CT molecular complexity index is 117. The molecule has 1 atom stereocenters. The zero-order valence-corrected chi connectivity index (χ0v) is 9.26. The monoisotopic (exact) mass is 190 g/mol. The highest BCUT2D eigenvalue weighted by Crippen LogP contribution is 2.24. The highest BCUT2D eigenvalue weighted by molar-refractivity contribution is 6.52. The maximum absolute atomic E-state index is 5.91. The summed E-state index contributed by atoms with van der Waals surface area (Å²) >= 11 is 5.03. The number of rotatable bonds is 2. The van der Waals surface area contributed by atoms with Gasteiger partial charge in [-0.2, -0.15) is 0 Å². The van der Waals surface area contributed by atoms with Gasteiger partial charge in [0.25, 0.3) is 0 Å². The molecule has 1 aliphatic rings. The maximum Gasteiger partial charge on any atom is 0.462 e. The van der Waals surface area contributed by atoms with Crippen molar-refractivity contribution in [2.45, 2.75) is 42.8 Å². The minimum absolute atomic E-state index is 0.0409. The molecular weight excluding hydrogens is 175 g/mol. The standard InChI is InChI=1S/C4H7ClO.C4H9.Al/c1-2-3-4(5)6;1-4(2)3;/h4H,1-3H2;4H,1H2,2-3H3;/q-1;;+1. The van der Waals surface area contributed by atoms with E-state index in [9.17, 15) is 0 Å². The topological polar surface area (TPSA) is 9.23 Å². The molecule has 1 rings (SSSR count). The zero-order chi connectivity index (χ0) is 8.27. The Morgan fingerprint density at radius 2 is 2.36 bits per heavy atom. The fraction of sp³-hybridized carbons (Fsp3) is 1.00. The molecule has 1 fully saturated rings. The Morgan fingerprint density at radius 3 is 2.91 bits per heavy atom. The van der Waals surface area contributed by atoms with Gasteiger partial charge in [-0.1, -0.05) is 48.4 Å². The van der Waals surface area contributed by atoms with Crippen molar-refractivity contribution in [3.05, 3.63) is 0 Å². The van der Waals surface area contributed by atoms with Crippen LogP contribution in [-0.4, -0.2) is 20.0 Å². The van der Waals surface area contributed by atoms with E-state index in [2.05, 4.69) is 13.8 Å². The van der Waals surface area contributed by atoms with Gasteiger partial charge in [-0.3, -0.25) is 0 Å². The molecule has 0 bridgehead atoms. The molecule has 0 amide bonds. The Labute approximate surface area is 78.8 Å². The molecule has 0 aromatic heterocycles. The summed E-state index contributed by atoms with van der Waals surface area (Å²) in [6, 6.07) is 0. The summed E-state index contributed by atoms with van der Waals surface area (Å²) in [6.07, 6.45) is 2.35. The predicted octanol–water partition coefficient (Wildman–Crippen LogP) is 3.01. The first-order chi connectivity index (χ1) is 5.18. The molecule has 64 valence electrons. The van der Waals surface area contributed by atoms with Crippen molar-refractivity contribution < 1.29 is 3.79 Å². The number of hydrogen-bond acceptors (Lipinski definition) is 1. The van der Waals surface area contributed by atoms with Crippen LogP contribution in [0, 0.1) is 5.92 Å². The number of halogens is 1. The molecule has 11 heavy (non-hydrogen) atoms. The first-order valence-corrected chi connectivity index (χ1v) is 7.02. The Balaban J connectivity index is 2.23. The average Bonchev–Trinajstić information content (AvgIpc) is 1.85. The first kappa shape index (κ1) is 9.87. The first-order valence-electron chi connectivity index (χ1n) is 4.48. The van der Waals surface area contributed by atoms with Gasteiger partial charge in [-0.15, -0.1) is 0 Å². The van der Waals surface area contributed by atoms with Crippen LogP contribution in [0.2, 0.25) is 10.6 Å². The van der Waals surface area contributed by atoms with Crippen molar-refractivity contribution >= 4 is 26.1 Å². The molecule has 0 aromatic carbocycles. The van der Waals surface area contributed by atoms with Crippen LogP contribution in [-0.2, 0) is 3.79 Å². The van der Waals surface area contributed by atoms with E-state index in [1.807, 2.05) is 0 Å². The molecular formula is C8H16AlClO. The van der Waals surface area contributed by atoms with Gasteiger partial charge in [-0.05, 0) is 6.42 Å². The molecule has 0 saturated carbocycles. The highest BCUT2D eigenvalue weighted by atomic mass is 35.5. The molecule has 1 heterocycles. The summed E-state index contributed by atoms with van der Waals surface area (Å²) in [5.41, 5.74) is 0.0409. The second kappa shape index (κ2) is 4.72. The largest absolute Gasteiger partial charge is 0.487 e. The predicted molar refractivity (Wildman–Crippen MR) is 50.2 cm³/mol. The molecule has 0 aromatic rings. The van der Waals surface area contributed by atoms with E-state index in [0.29, 0.717) is 0 Å². The van der Waals surface area contributed by atoms with E-state index in [0.717, 1.165) is 12.3 Å². The second-order valence-electron chi connectivity index (χ2n) is 3.73. The summed E-state index contributed by atoms with van der Waals surface area (Å²) < 4.78 is 5.70. The van der Waals surface area contributed by atoms with Crippen molar-refractivity contribution in [1.82, 2.24) is 0 Å². The van der Waals surface area contributed by atoms with E-state index in [4.69, 9.17) is 15.4 Å². The lowest BCUT2D eigenvalue weighted by Crippen LogP contribution is -2.28. The van der Waals surface area contributed by atoms with Crippen molar-refractivity contribution in [3.63, 3.8) is 0 Å². The third kappa shape index (κ3) is 3.81. The summed E-state index contributed by atoms with van der Waals surface area (Å²) in [5.74, 6) is 0.786. The maximum atomic E-state index is 5.91. The average molecular weight is 191 g/mol. The van der Waals surface area contributed by atoms with Gasteiger partial charge in [0, 0.05) is 0 Å². The Hall–Kier alpha value is 0.782. The summed E-state index contributed by atoms with van der Waals surface area (Å²) in [4.78, 5) is 0. The quantitative estimate of drug-likeness (QED) is 0.481. The van der Waals surface area contributed by atoms with Crippen molar-refractivity contribution in [2.24, 2.45) is 5.92 Å².